The van der Waals surface area contributed by atoms with Crippen LogP contribution in [0.5, 0.6) is 0 Å². The minimum absolute atomic E-state index is 0.379. The Morgan fingerprint density at radius 1 is 1.50 bits per heavy atom. The number of aromatic nitrogens is 2. The highest BCUT2D eigenvalue weighted by molar-refractivity contribution is 5.37. The van der Waals surface area contributed by atoms with Crippen molar-refractivity contribution in [1.82, 2.24) is 9.97 Å². The molecule has 0 aromatic carbocycles. The van der Waals surface area contributed by atoms with Gasteiger partial charge < -0.3 is 5.32 Å². The van der Waals surface area contributed by atoms with Crippen LogP contribution in [0, 0.1) is 12.3 Å². The van der Waals surface area contributed by atoms with Gasteiger partial charge in [-0.3, -0.25) is 4.98 Å². The highest BCUT2D eigenvalue weighted by Gasteiger charge is 2.12. The van der Waals surface area contributed by atoms with Crippen molar-refractivity contribution in [3.05, 3.63) is 18.6 Å². The van der Waals surface area contributed by atoms with Gasteiger partial charge >= 0.3 is 0 Å². The molecular weight excluding hydrogens is 150 g/mol. The maximum atomic E-state index is 5.29. The molecule has 1 rings (SSSR count). The molecule has 0 aliphatic carbocycles. The van der Waals surface area contributed by atoms with Gasteiger partial charge in [-0.2, -0.15) is 0 Å². The zero-order valence-electron chi connectivity index (χ0n) is 7.20. The van der Waals surface area contributed by atoms with E-state index in [4.69, 9.17) is 6.42 Å². The van der Waals surface area contributed by atoms with E-state index in [1.807, 2.05) is 13.8 Å². The molecule has 0 radical (unpaired) electrons. The summed E-state index contributed by atoms with van der Waals surface area (Å²) in [5, 5.41) is 3.06. The molecule has 62 valence electrons. The molecule has 3 heteroatoms. The van der Waals surface area contributed by atoms with Crippen LogP contribution in [0.25, 0.3) is 0 Å². The summed E-state index contributed by atoms with van der Waals surface area (Å²) >= 11 is 0. The first kappa shape index (κ1) is 8.54. The van der Waals surface area contributed by atoms with Crippen molar-refractivity contribution >= 4 is 5.82 Å². The smallest absolute Gasteiger partial charge is 0.145 e. The Morgan fingerprint density at radius 2 is 2.25 bits per heavy atom. The second-order valence-corrected chi connectivity index (χ2v) is 2.98. The minimum Gasteiger partial charge on any atom is -0.353 e. The molecule has 0 saturated heterocycles. The van der Waals surface area contributed by atoms with E-state index in [-0.39, 0.29) is 5.54 Å². The lowest BCUT2D eigenvalue weighted by Gasteiger charge is -2.19. The first-order valence-corrected chi connectivity index (χ1v) is 3.66. The Hall–Kier alpha value is -1.56. The van der Waals surface area contributed by atoms with Crippen molar-refractivity contribution in [2.45, 2.75) is 19.4 Å². The molecule has 0 atom stereocenters. The summed E-state index contributed by atoms with van der Waals surface area (Å²) in [6, 6.07) is 0. The van der Waals surface area contributed by atoms with E-state index < -0.39 is 0 Å². The van der Waals surface area contributed by atoms with Crippen molar-refractivity contribution in [3.63, 3.8) is 0 Å². The number of rotatable bonds is 2. The number of anilines is 1. The summed E-state index contributed by atoms with van der Waals surface area (Å²) in [6.07, 6.45) is 10.2. The van der Waals surface area contributed by atoms with Crippen molar-refractivity contribution in [2.75, 3.05) is 5.32 Å². The first-order valence-electron chi connectivity index (χ1n) is 3.66. The van der Waals surface area contributed by atoms with Crippen LogP contribution in [0.2, 0.25) is 0 Å². The van der Waals surface area contributed by atoms with Crippen molar-refractivity contribution in [1.29, 1.82) is 0 Å². The molecule has 12 heavy (non-hydrogen) atoms. The quantitative estimate of drug-likeness (QED) is 0.664. The van der Waals surface area contributed by atoms with E-state index in [2.05, 4.69) is 21.2 Å². The Balaban J connectivity index is 2.72. The van der Waals surface area contributed by atoms with Gasteiger partial charge in [0, 0.05) is 12.4 Å². The van der Waals surface area contributed by atoms with Crippen LogP contribution in [0.15, 0.2) is 18.6 Å². The lowest BCUT2D eigenvalue weighted by molar-refractivity contribution is 0.735. The maximum Gasteiger partial charge on any atom is 0.145 e. The molecule has 0 aliphatic rings. The summed E-state index contributed by atoms with van der Waals surface area (Å²) < 4.78 is 0. The molecule has 1 heterocycles. The Morgan fingerprint density at radius 3 is 2.75 bits per heavy atom. The van der Waals surface area contributed by atoms with Crippen LogP contribution < -0.4 is 5.32 Å². The number of hydrogen-bond donors (Lipinski definition) is 1. The fraction of sp³-hybridized carbons (Fsp3) is 0.333. The molecule has 1 N–H and O–H groups in total. The van der Waals surface area contributed by atoms with E-state index in [0.29, 0.717) is 5.82 Å². The van der Waals surface area contributed by atoms with Gasteiger partial charge in [0.2, 0.25) is 0 Å². The Bertz CT molecular complexity index is 284. The van der Waals surface area contributed by atoms with Gasteiger partial charge in [0.25, 0.3) is 0 Å². The van der Waals surface area contributed by atoms with Gasteiger partial charge in [-0.05, 0) is 13.8 Å². The van der Waals surface area contributed by atoms with Crippen LogP contribution in [-0.2, 0) is 0 Å². The Kier molecular flexibility index (Phi) is 2.29. The summed E-state index contributed by atoms with van der Waals surface area (Å²) in [4.78, 5) is 7.95. The Labute approximate surface area is 72.2 Å². The second-order valence-electron chi connectivity index (χ2n) is 2.98. The van der Waals surface area contributed by atoms with Crippen molar-refractivity contribution in [3.8, 4) is 12.3 Å². The van der Waals surface area contributed by atoms with Gasteiger partial charge in [0.1, 0.15) is 5.82 Å². The lowest BCUT2D eigenvalue weighted by atomic mass is 10.1. The van der Waals surface area contributed by atoms with Crippen LogP contribution in [-0.4, -0.2) is 15.5 Å². The summed E-state index contributed by atoms with van der Waals surface area (Å²) in [6.45, 7) is 3.81. The van der Waals surface area contributed by atoms with E-state index in [1.165, 1.54) is 0 Å². The number of terminal acetylenes is 1. The average molecular weight is 161 g/mol. The molecule has 1 aromatic rings. The molecule has 0 unspecified atom stereocenters. The highest BCUT2D eigenvalue weighted by Crippen LogP contribution is 2.08. The topological polar surface area (TPSA) is 37.8 Å². The van der Waals surface area contributed by atoms with E-state index in [9.17, 15) is 0 Å². The third-order valence-corrected chi connectivity index (χ3v) is 1.36. The number of nitrogens with one attached hydrogen (secondary N) is 1. The van der Waals surface area contributed by atoms with Crippen molar-refractivity contribution < 1.29 is 0 Å². The molecule has 0 amide bonds. The molecule has 0 fully saturated rings. The zero-order chi connectivity index (χ0) is 9.03. The largest absolute Gasteiger partial charge is 0.353 e. The number of hydrogen-bond acceptors (Lipinski definition) is 3. The van der Waals surface area contributed by atoms with Crippen LogP contribution in [0.3, 0.4) is 0 Å². The summed E-state index contributed by atoms with van der Waals surface area (Å²) in [7, 11) is 0. The van der Waals surface area contributed by atoms with Gasteiger partial charge in [0.15, 0.2) is 0 Å². The van der Waals surface area contributed by atoms with Crippen LogP contribution >= 0.6 is 0 Å². The monoisotopic (exact) mass is 161 g/mol. The van der Waals surface area contributed by atoms with Gasteiger partial charge in [-0.1, -0.05) is 5.92 Å². The molecule has 1 aromatic heterocycles. The molecular formula is C9H11N3. The van der Waals surface area contributed by atoms with E-state index in [0.717, 1.165) is 0 Å². The standard InChI is InChI=1S/C9H11N3/c1-4-9(2,3)12-8-7-10-5-6-11-8/h1,5-7H,2-3H3,(H,11,12). The van der Waals surface area contributed by atoms with Gasteiger partial charge in [0.05, 0.1) is 11.7 Å². The maximum absolute atomic E-state index is 5.29. The highest BCUT2D eigenvalue weighted by atomic mass is 15.0. The summed E-state index contributed by atoms with van der Waals surface area (Å²) in [5.74, 6) is 3.31. The van der Waals surface area contributed by atoms with Gasteiger partial charge in [-0.25, -0.2) is 4.98 Å². The second kappa shape index (κ2) is 3.22. The van der Waals surface area contributed by atoms with E-state index in [1.54, 1.807) is 18.6 Å². The molecule has 0 bridgehead atoms. The normalized spacial score (nSPS) is 10.4. The predicted molar refractivity (Wildman–Crippen MR) is 48.6 cm³/mol. The first-order chi connectivity index (χ1) is 5.64. The van der Waals surface area contributed by atoms with Crippen LogP contribution in [0.4, 0.5) is 5.82 Å². The molecule has 0 spiro atoms. The SMILES string of the molecule is C#CC(C)(C)Nc1cnccn1. The average Bonchev–Trinajstić information content (AvgIpc) is 2.06. The fourth-order valence-corrected chi connectivity index (χ4v) is 0.720. The predicted octanol–water partition coefficient (Wildman–Crippen LogP) is 1.30. The molecule has 3 nitrogen and oxygen atoms in total. The lowest BCUT2D eigenvalue weighted by Crippen LogP contribution is -2.28. The minimum atomic E-state index is -0.379. The summed E-state index contributed by atoms with van der Waals surface area (Å²) in [5.41, 5.74) is -0.379. The van der Waals surface area contributed by atoms with Gasteiger partial charge in [-0.15, -0.1) is 6.42 Å². The molecule has 0 saturated carbocycles. The van der Waals surface area contributed by atoms with Crippen LogP contribution in [0.1, 0.15) is 13.8 Å². The third-order valence-electron chi connectivity index (χ3n) is 1.36. The number of nitrogens with zero attached hydrogens (tertiary/aromatic N) is 2. The van der Waals surface area contributed by atoms with Crippen molar-refractivity contribution in [2.24, 2.45) is 0 Å². The molecule has 0 aliphatic heterocycles. The zero-order valence-corrected chi connectivity index (χ0v) is 7.20. The van der Waals surface area contributed by atoms with E-state index >= 15 is 0 Å². The fourth-order valence-electron chi connectivity index (χ4n) is 0.720. The third kappa shape index (κ3) is 2.24.